The summed E-state index contributed by atoms with van der Waals surface area (Å²) in [5.41, 5.74) is 2.93. The summed E-state index contributed by atoms with van der Waals surface area (Å²) in [6, 6.07) is 8.53. The van der Waals surface area contributed by atoms with E-state index < -0.39 is 23.7 Å². The molecule has 1 unspecified atom stereocenters. The average Bonchev–Trinajstić information content (AvgIpc) is 2.61. The second kappa shape index (κ2) is 10.3. The first-order valence-corrected chi connectivity index (χ1v) is 9.97. The summed E-state index contributed by atoms with van der Waals surface area (Å²) in [5.74, 6) is -0.658. The van der Waals surface area contributed by atoms with Crippen LogP contribution in [0.15, 0.2) is 36.4 Å². The molecule has 1 saturated carbocycles. The van der Waals surface area contributed by atoms with E-state index in [9.17, 15) is 14.7 Å². The van der Waals surface area contributed by atoms with E-state index in [4.69, 9.17) is 4.74 Å². The van der Waals surface area contributed by atoms with Crippen molar-refractivity contribution in [3.63, 3.8) is 0 Å². The van der Waals surface area contributed by atoms with E-state index in [2.05, 4.69) is 5.43 Å². The van der Waals surface area contributed by atoms with Crippen LogP contribution in [0.4, 0.5) is 4.79 Å². The van der Waals surface area contributed by atoms with Crippen molar-refractivity contribution in [3.8, 4) is 0 Å². The first kappa shape index (κ1) is 22.0. The van der Waals surface area contributed by atoms with Crippen LogP contribution in [0, 0.1) is 5.92 Å². The number of benzene rings is 1. The highest BCUT2D eigenvalue weighted by atomic mass is 16.6. The number of hydrogen-bond donors (Lipinski definition) is 2. The molecule has 6 heteroatoms. The Morgan fingerprint density at radius 3 is 2.43 bits per heavy atom. The van der Waals surface area contributed by atoms with Crippen molar-refractivity contribution in [2.24, 2.45) is 5.92 Å². The molecule has 0 spiro atoms. The van der Waals surface area contributed by atoms with Crippen LogP contribution in [0.1, 0.15) is 58.4 Å². The van der Waals surface area contributed by atoms with Crippen LogP contribution in [0.5, 0.6) is 0 Å². The molecule has 154 valence electrons. The zero-order chi connectivity index (χ0) is 20.6. The zero-order valence-corrected chi connectivity index (χ0v) is 17.1. The highest BCUT2D eigenvalue weighted by Crippen LogP contribution is 2.25. The van der Waals surface area contributed by atoms with Gasteiger partial charge in [-0.05, 0) is 45.1 Å². The molecule has 0 aromatic heterocycles. The van der Waals surface area contributed by atoms with Gasteiger partial charge in [0.15, 0.2) is 0 Å². The number of carboxylic acid groups (broad SMARTS) is 1. The molecule has 28 heavy (non-hydrogen) atoms. The molecule has 0 heterocycles. The molecule has 2 rings (SSSR count). The summed E-state index contributed by atoms with van der Waals surface area (Å²) in [5, 5.41) is 11.3. The van der Waals surface area contributed by atoms with E-state index in [0.29, 0.717) is 12.5 Å². The minimum atomic E-state index is -1.01. The first-order valence-electron chi connectivity index (χ1n) is 9.97. The normalized spacial score (nSPS) is 16.9. The molecular weight excluding hydrogens is 356 g/mol. The quantitative estimate of drug-likeness (QED) is 0.674. The lowest BCUT2D eigenvalue weighted by molar-refractivity contribution is -0.142. The molecule has 1 aromatic carbocycles. The Balaban J connectivity index is 2.17. The lowest BCUT2D eigenvalue weighted by Crippen LogP contribution is -2.54. The van der Waals surface area contributed by atoms with E-state index in [1.165, 1.54) is 11.4 Å². The summed E-state index contributed by atoms with van der Waals surface area (Å²) in [6.45, 7) is 5.82. The number of nitrogens with one attached hydrogen (secondary N) is 1. The van der Waals surface area contributed by atoms with E-state index in [1.54, 1.807) is 32.9 Å². The van der Waals surface area contributed by atoms with Crippen LogP contribution < -0.4 is 5.43 Å². The number of hydrazine groups is 1. The maximum absolute atomic E-state index is 12.3. The maximum Gasteiger partial charge on any atom is 0.422 e. The number of hydrogen-bond acceptors (Lipinski definition) is 4. The largest absolute Gasteiger partial charge is 0.480 e. The van der Waals surface area contributed by atoms with E-state index in [0.717, 1.165) is 31.2 Å². The maximum atomic E-state index is 12.3. The fraction of sp³-hybridized carbons (Fsp3) is 0.545. The van der Waals surface area contributed by atoms with Gasteiger partial charge in [0, 0.05) is 6.54 Å². The van der Waals surface area contributed by atoms with Gasteiger partial charge in [0.2, 0.25) is 0 Å². The van der Waals surface area contributed by atoms with Crippen LogP contribution in [-0.4, -0.2) is 40.4 Å². The second-order valence-electron chi connectivity index (χ2n) is 8.32. The third-order valence-electron chi connectivity index (χ3n) is 4.67. The summed E-state index contributed by atoms with van der Waals surface area (Å²) in [7, 11) is 0. The van der Waals surface area contributed by atoms with Crippen molar-refractivity contribution in [2.75, 3.05) is 6.54 Å². The summed E-state index contributed by atoms with van der Waals surface area (Å²) >= 11 is 0. The Bertz CT molecular complexity index is 661. The van der Waals surface area contributed by atoms with Gasteiger partial charge in [-0.25, -0.2) is 9.80 Å². The average molecular weight is 389 g/mol. The molecule has 1 aliphatic carbocycles. The fourth-order valence-corrected chi connectivity index (χ4v) is 3.38. The standard InChI is InChI=1S/C22H32N2O4/c1-22(2,3)28-21(27)23-24(16-18-12-8-5-9-13-18)19(20(25)26)15-14-17-10-6-4-7-11-17/h4,6-7,10-11,14-15,18-19H,5,8-9,12-13,16H2,1-3H3,(H,23,27)(H,25,26)/b15-14+. The van der Waals surface area contributed by atoms with E-state index in [-0.39, 0.29) is 0 Å². The number of amides is 1. The molecule has 6 nitrogen and oxygen atoms in total. The van der Waals surface area contributed by atoms with Gasteiger partial charge in [-0.3, -0.25) is 10.2 Å². The SMILES string of the molecule is CC(C)(C)OC(=O)NN(CC1CCCCC1)C(/C=C/c1ccccc1)C(=O)O. The molecule has 0 bridgehead atoms. The van der Waals surface area contributed by atoms with Gasteiger partial charge < -0.3 is 9.84 Å². The smallest absolute Gasteiger partial charge is 0.422 e. The van der Waals surface area contributed by atoms with Crippen molar-refractivity contribution in [3.05, 3.63) is 42.0 Å². The number of carbonyl (C=O) groups is 2. The van der Waals surface area contributed by atoms with Gasteiger partial charge in [0.05, 0.1) is 0 Å². The number of carbonyl (C=O) groups excluding carboxylic acids is 1. The fourth-order valence-electron chi connectivity index (χ4n) is 3.38. The number of nitrogens with zero attached hydrogens (tertiary/aromatic N) is 1. The van der Waals surface area contributed by atoms with Gasteiger partial charge in [-0.15, -0.1) is 0 Å². The van der Waals surface area contributed by atoms with E-state index >= 15 is 0 Å². The summed E-state index contributed by atoms with van der Waals surface area (Å²) in [4.78, 5) is 24.3. The van der Waals surface area contributed by atoms with Gasteiger partial charge in [-0.1, -0.05) is 61.7 Å². The van der Waals surface area contributed by atoms with Crippen molar-refractivity contribution >= 4 is 18.1 Å². The van der Waals surface area contributed by atoms with Gasteiger partial charge in [0.1, 0.15) is 11.6 Å². The van der Waals surface area contributed by atoms with Crippen molar-refractivity contribution < 1.29 is 19.4 Å². The summed E-state index contributed by atoms with van der Waals surface area (Å²) < 4.78 is 5.34. The van der Waals surface area contributed by atoms with Crippen LogP contribution >= 0.6 is 0 Å². The molecule has 1 aliphatic rings. The Morgan fingerprint density at radius 2 is 1.86 bits per heavy atom. The Morgan fingerprint density at radius 1 is 1.21 bits per heavy atom. The Labute approximate surface area is 167 Å². The molecular formula is C22H32N2O4. The number of aliphatic carboxylic acids is 1. The Kier molecular flexibility index (Phi) is 8.05. The number of ether oxygens (including phenoxy) is 1. The minimum absolute atomic E-state index is 0.357. The van der Waals surface area contributed by atoms with Crippen molar-refractivity contribution in [1.82, 2.24) is 10.4 Å². The topological polar surface area (TPSA) is 78.9 Å². The second-order valence-corrected chi connectivity index (χ2v) is 8.32. The minimum Gasteiger partial charge on any atom is -0.480 e. The lowest BCUT2D eigenvalue weighted by atomic mass is 9.89. The molecule has 2 N–H and O–H groups in total. The molecule has 0 saturated heterocycles. The number of carboxylic acids is 1. The van der Waals surface area contributed by atoms with Crippen LogP contribution in [0.3, 0.4) is 0 Å². The third-order valence-corrected chi connectivity index (χ3v) is 4.67. The molecule has 0 radical (unpaired) electrons. The van der Waals surface area contributed by atoms with Gasteiger partial charge >= 0.3 is 12.1 Å². The predicted molar refractivity (Wildman–Crippen MR) is 110 cm³/mol. The van der Waals surface area contributed by atoms with Crippen LogP contribution in [0.25, 0.3) is 6.08 Å². The van der Waals surface area contributed by atoms with Crippen LogP contribution in [0.2, 0.25) is 0 Å². The third kappa shape index (κ3) is 7.72. The zero-order valence-electron chi connectivity index (χ0n) is 17.1. The molecule has 1 aromatic rings. The van der Waals surface area contributed by atoms with Crippen molar-refractivity contribution in [2.45, 2.75) is 64.5 Å². The van der Waals surface area contributed by atoms with Crippen LogP contribution in [-0.2, 0) is 9.53 Å². The molecule has 0 aliphatic heterocycles. The van der Waals surface area contributed by atoms with Gasteiger partial charge in [0.25, 0.3) is 0 Å². The number of rotatable bonds is 7. The summed E-state index contributed by atoms with van der Waals surface area (Å²) in [6.07, 6.45) is 8.32. The van der Waals surface area contributed by atoms with E-state index in [1.807, 2.05) is 30.3 Å². The molecule has 1 atom stereocenters. The first-order chi connectivity index (χ1) is 13.2. The predicted octanol–water partition coefficient (Wildman–Crippen LogP) is 4.48. The monoisotopic (exact) mass is 388 g/mol. The molecule has 1 fully saturated rings. The van der Waals surface area contributed by atoms with Gasteiger partial charge in [-0.2, -0.15) is 0 Å². The van der Waals surface area contributed by atoms with Crippen molar-refractivity contribution in [1.29, 1.82) is 0 Å². The Hall–Kier alpha value is -2.34. The lowest BCUT2D eigenvalue weighted by Gasteiger charge is -2.33. The highest BCUT2D eigenvalue weighted by Gasteiger charge is 2.29. The highest BCUT2D eigenvalue weighted by molar-refractivity contribution is 5.78. The molecule has 1 amide bonds.